The van der Waals surface area contributed by atoms with Gasteiger partial charge < -0.3 is 25.0 Å². The molecule has 11 heteroatoms. The van der Waals surface area contributed by atoms with E-state index >= 15 is 0 Å². The Bertz CT molecular complexity index is 1450. The highest BCUT2D eigenvalue weighted by Gasteiger charge is 2.35. The highest BCUT2D eigenvalue weighted by atomic mass is 31.2. The topological polar surface area (TPSA) is 157 Å². The summed E-state index contributed by atoms with van der Waals surface area (Å²) < 4.78 is 24.5. The largest absolute Gasteiger partial charge is 0.478 e. The molecule has 2 aromatic carbocycles. The maximum absolute atomic E-state index is 12.7. The quantitative estimate of drug-likeness (QED) is 0.324. The van der Waals surface area contributed by atoms with Crippen LogP contribution in [0.5, 0.6) is 5.88 Å². The number of nitrogens with zero attached hydrogens (tertiary/aromatic N) is 3. The Labute approximate surface area is 226 Å². The molecule has 39 heavy (non-hydrogen) atoms. The number of rotatable bonds is 7. The molecule has 1 saturated carbocycles. The van der Waals surface area contributed by atoms with E-state index < -0.39 is 19.2 Å². The Morgan fingerprint density at radius 2 is 1.74 bits per heavy atom. The van der Waals surface area contributed by atoms with Gasteiger partial charge in [0.15, 0.2) is 11.5 Å². The first kappa shape index (κ1) is 27.0. The Morgan fingerprint density at radius 3 is 2.38 bits per heavy atom. The van der Waals surface area contributed by atoms with Crippen LogP contribution in [-0.4, -0.2) is 43.4 Å². The van der Waals surface area contributed by atoms with Crippen molar-refractivity contribution in [3.63, 3.8) is 0 Å². The minimum Gasteiger partial charge on any atom is -0.478 e. The van der Waals surface area contributed by atoms with Crippen molar-refractivity contribution in [2.45, 2.75) is 63.3 Å². The molecule has 0 saturated heterocycles. The van der Waals surface area contributed by atoms with Gasteiger partial charge in [0.25, 0.3) is 0 Å². The maximum atomic E-state index is 12.7. The number of anilines is 1. The molecule has 3 aromatic rings. The van der Waals surface area contributed by atoms with E-state index in [9.17, 15) is 14.3 Å². The van der Waals surface area contributed by atoms with E-state index in [0.717, 1.165) is 24.1 Å². The van der Waals surface area contributed by atoms with Gasteiger partial charge in [-0.25, -0.2) is 14.8 Å². The maximum Gasteiger partial charge on any atom is 0.335 e. The summed E-state index contributed by atoms with van der Waals surface area (Å²) in [5, 5.41) is 9.02. The molecule has 1 aliphatic carbocycles. The molecular weight excluding hydrogens is 519 g/mol. The summed E-state index contributed by atoms with van der Waals surface area (Å²) in [4.78, 5) is 34.4. The van der Waals surface area contributed by atoms with E-state index in [1.807, 2.05) is 26.0 Å². The lowest BCUT2D eigenvalue weighted by atomic mass is 9.82. The molecule has 0 amide bonds. The van der Waals surface area contributed by atoms with Crippen molar-refractivity contribution >= 4 is 30.8 Å². The normalized spacial score (nSPS) is 21.7. The number of benzene rings is 2. The second-order valence-corrected chi connectivity index (χ2v) is 12.3. The zero-order valence-corrected chi connectivity index (χ0v) is 22.7. The first-order valence-electron chi connectivity index (χ1n) is 12.8. The van der Waals surface area contributed by atoms with Crippen molar-refractivity contribution in [2.75, 3.05) is 5.73 Å². The molecule has 10 nitrogen and oxygen atoms in total. The predicted molar refractivity (Wildman–Crippen MR) is 147 cm³/mol. The lowest BCUT2D eigenvalue weighted by molar-refractivity contribution is 0.0696. The first-order chi connectivity index (χ1) is 18.5. The molecule has 1 unspecified atom stereocenters. The number of aliphatic imine (C=N–C) groups is 1. The molecule has 0 bridgehead atoms. The van der Waals surface area contributed by atoms with Gasteiger partial charge >= 0.3 is 13.6 Å². The van der Waals surface area contributed by atoms with Crippen LogP contribution in [0.15, 0.2) is 59.9 Å². The number of carboxylic acid groups (broad SMARTS) is 1. The minimum atomic E-state index is -3.87. The zero-order valence-electron chi connectivity index (χ0n) is 21.8. The first-order valence-corrected chi connectivity index (χ1v) is 14.6. The number of nitrogen functional groups attached to an aromatic ring is 1. The molecule has 1 fully saturated rings. The molecule has 0 spiro atoms. The average molecular weight is 551 g/mol. The molecule has 1 aliphatic heterocycles. The number of hydrogen-bond donors (Lipinski definition) is 3. The Balaban J connectivity index is 1.20. The monoisotopic (exact) mass is 550 g/mol. The minimum absolute atomic E-state index is 0.132. The second-order valence-electron chi connectivity index (χ2n) is 10.5. The molecule has 1 aromatic heterocycles. The summed E-state index contributed by atoms with van der Waals surface area (Å²) in [6.45, 7) is 3.88. The number of hydrogen-bond acceptors (Lipinski definition) is 8. The third-order valence-electron chi connectivity index (χ3n) is 7.19. The Kier molecular flexibility index (Phi) is 7.29. The van der Waals surface area contributed by atoms with E-state index in [0.29, 0.717) is 35.9 Å². The van der Waals surface area contributed by atoms with Crippen molar-refractivity contribution in [2.24, 2.45) is 4.99 Å². The number of carbonyl (C=O) groups is 1. The summed E-state index contributed by atoms with van der Waals surface area (Å²) in [5.74, 6) is -0.0756. The molecule has 0 radical (unpaired) electrons. The molecule has 1 atom stereocenters. The average Bonchev–Trinajstić information content (AvgIpc) is 2.88. The molecule has 4 N–H and O–H groups in total. The van der Waals surface area contributed by atoms with Crippen molar-refractivity contribution in [1.29, 1.82) is 0 Å². The number of carboxylic acids is 1. The molecule has 2 aliphatic rings. The highest BCUT2D eigenvalue weighted by molar-refractivity contribution is 7.52. The van der Waals surface area contributed by atoms with Crippen molar-refractivity contribution in [3.8, 4) is 5.88 Å². The van der Waals surface area contributed by atoms with E-state index in [2.05, 4.69) is 22.1 Å². The molecule has 5 rings (SSSR count). The van der Waals surface area contributed by atoms with Gasteiger partial charge in [-0.15, -0.1) is 0 Å². The molecule has 204 valence electrons. The fraction of sp³-hybridized carbons (Fsp3) is 0.357. The van der Waals surface area contributed by atoms with Crippen LogP contribution in [-0.2, 0) is 15.3 Å². The van der Waals surface area contributed by atoms with Gasteiger partial charge in [-0.05, 0) is 68.7 Å². The standard InChI is InChI=1S/C28H31N4O6P/c1-28(2)24(32-23-25(29)30-16-31-26(23)37-28)20-9-7-18(8-10-20)19-11-13-22(14-12-19)38-39(35,36)15-17-3-5-21(6-4-17)27(33)34/h3-10,16,19,22H,11-15H2,1-2H3,(H,33,34)(H,35,36)(H2,29,30,31)/t19-,22-. The van der Waals surface area contributed by atoms with Gasteiger partial charge in [-0.1, -0.05) is 36.4 Å². The third kappa shape index (κ3) is 6.03. The van der Waals surface area contributed by atoms with Gasteiger partial charge in [0, 0.05) is 5.56 Å². The lowest BCUT2D eigenvalue weighted by Crippen LogP contribution is -2.41. The SMILES string of the molecule is CC1(C)Oc2ncnc(N)c2N=C1c1ccc([C@H]2CC[C@H](OP(=O)(O)Cc3ccc(C(=O)O)cc3)CC2)cc1. The number of fused-ring (bicyclic) bond motifs is 1. The highest BCUT2D eigenvalue weighted by Crippen LogP contribution is 2.50. The van der Waals surface area contributed by atoms with E-state index in [-0.39, 0.29) is 23.6 Å². The van der Waals surface area contributed by atoms with Crippen molar-refractivity contribution in [1.82, 2.24) is 9.97 Å². The fourth-order valence-electron chi connectivity index (χ4n) is 5.17. The number of nitrogens with two attached hydrogens (primary N) is 1. The van der Waals surface area contributed by atoms with Crippen LogP contribution in [0.4, 0.5) is 11.5 Å². The summed E-state index contributed by atoms with van der Waals surface area (Å²) in [5.41, 5.74) is 9.30. The van der Waals surface area contributed by atoms with Gasteiger partial charge in [-0.2, -0.15) is 4.98 Å². The smallest absolute Gasteiger partial charge is 0.335 e. The third-order valence-corrected chi connectivity index (χ3v) is 8.58. The fourth-order valence-corrected chi connectivity index (χ4v) is 6.60. The van der Waals surface area contributed by atoms with E-state index in [4.69, 9.17) is 25.1 Å². The van der Waals surface area contributed by atoms with Gasteiger partial charge in [-0.3, -0.25) is 4.57 Å². The molecule has 2 heterocycles. The summed E-state index contributed by atoms with van der Waals surface area (Å²) >= 11 is 0. The van der Waals surface area contributed by atoms with Crippen LogP contribution in [0.25, 0.3) is 0 Å². The van der Waals surface area contributed by atoms with Crippen LogP contribution < -0.4 is 10.5 Å². The number of ether oxygens (including phenoxy) is 1. The van der Waals surface area contributed by atoms with Crippen LogP contribution in [0.1, 0.15) is 72.5 Å². The zero-order chi connectivity index (χ0) is 27.8. The van der Waals surface area contributed by atoms with Gasteiger partial charge in [0.05, 0.1) is 23.5 Å². The Morgan fingerprint density at radius 1 is 1.08 bits per heavy atom. The summed E-state index contributed by atoms with van der Waals surface area (Å²) in [7, 11) is -3.87. The summed E-state index contributed by atoms with van der Waals surface area (Å²) in [6, 6.07) is 14.2. The van der Waals surface area contributed by atoms with E-state index in [1.165, 1.54) is 24.0 Å². The van der Waals surface area contributed by atoms with E-state index in [1.54, 1.807) is 12.1 Å². The van der Waals surface area contributed by atoms with Crippen LogP contribution >= 0.6 is 7.60 Å². The van der Waals surface area contributed by atoms with Gasteiger partial charge in [0.1, 0.15) is 11.9 Å². The second kappa shape index (κ2) is 10.5. The van der Waals surface area contributed by atoms with Crippen LogP contribution in [0.2, 0.25) is 0 Å². The Hall–Kier alpha value is -3.59. The molecular formula is C28H31N4O6P. The van der Waals surface area contributed by atoms with Crippen LogP contribution in [0.3, 0.4) is 0 Å². The number of aromatic nitrogens is 2. The van der Waals surface area contributed by atoms with Gasteiger partial charge in [0.2, 0.25) is 5.88 Å². The van der Waals surface area contributed by atoms with Crippen molar-refractivity contribution < 1.29 is 28.6 Å². The lowest BCUT2D eigenvalue weighted by Gasteiger charge is -2.32. The van der Waals surface area contributed by atoms with Crippen LogP contribution in [0, 0.1) is 0 Å². The summed E-state index contributed by atoms with van der Waals surface area (Å²) in [6.07, 6.45) is 3.96. The van der Waals surface area contributed by atoms with Crippen molar-refractivity contribution in [3.05, 3.63) is 77.1 Å². The number of aromatic carboxylic acids is 1. The predicted octanol–water partition coefficient (Wildman–Crippen LogP) is 5.48.